The van der Waals surface area contributed by atoms with E-state index >= 15 is 0 Å². The number of methoxy groups -OCH3 is 1. The molecule has 0 atom stereocenters. The van der Waals surface area contributed by atoms with Crippen LogP contribution in [0.1, 0.15) is 18.4 Å². The third-order valence-electron chi connectivity index (χ3n) is 5.33. The van der Waals surface area contributed by atoms with Crippen LogP contribution in [-0.4, -0.2) is 32.3 Å². The summed E-state index contributed by atoms with van der Waals surface area (Å²) >= 11 is 0. The lowest BCUT2D eigenvalue weighted by atomic mass is 10.1. The number of hydrogen-bond acceptors (Lipinski definition) is 4. The van der Waals surface area contributed by atoms with Crippen LogP contribution < -0.4 is 15.1 Å². The first-order valence-electron chi connectivity index (χ1n) is 9.65. The molecule has 1 aliphatic rings. The highest BCUT2D eigenvalue weighted by Gasteiger charge is 2.22. The molecule has 4 nitrogen and oxygen atoms in total. The van der Waals surface area contributed by atoms with Crippen LogP contribution in [-0.2, 0) is 6.54 Å². The van der Waals surface area contributed by atoms with E-state index in [0.717, 1.165) is 25.4 Å². The van der Waals surface area contributed by atoms with Crippen molar-refractivity contribution in [2.75, 3.05) is 37.6 Å². The van der Waals surface area contributed by atoms with Crippen molar-refractivity contribution in [1.82, 2.24) is 5.01 Å². The fourth-order valence-electron chi connectivity index (χ4n) is 3.96. The van der Waals surface area contributed by atoms with Gasteiger partial charge in [0.25, 0.3) is 0 Å². The van der Waals surface area contributed by atoms with Crippen molar-refractivity contribution in [3.8, 4) is 5.75 Å². The minimum absolute atomic E-state index is 0.888. The number of ether oxygens (including phenoxy) is 1. The van der Waals surface area contributed by atoms with Crippen LogP contribution in [0.25, 0.3) is 10.8 Å². The monoisotopic (exact) mass is 361 g/mol. The fraction of sp³-hybridized carbons (Fsp3) is 0.304. The molecule has 1 aliphatic heterocycles. The van der Waals surface area contributed by atoms with E-state index in [2.05, 4.69) is 69.9 Å². The molecular formula is C23H27N3O. The summed E-state index contributed by atoms with van der Waals surface area (Å²) in [6.45, 7) is 3.01. The normalized spacial score (nSPS) is 15.1. The van der Waals surface area contributed by atoms with Crippen LogP contribution >= 0.6 is 0 Å². The highest BCUT2D eigenvalue weighted by atomic mass is 16.5. The van der Waals surface area contributed by atoms with Crippen molar-refractivity contribution < 1.29 is 4.74 Å². The molecule has 3 aromatic carbocycles. The molecule has 1 fully saturated rings. The van der Waals surface area contributed by atoms with Gasteiger partial charge in [-0.15, -0.1) is 0 Å². The predicted molar refractivity (Wildman–Crippen MR) is 113 cm³/mol. The number of hydrazine groups is 1. The standard InChI is InChI=1S/C23H27N3O/c1-24-22-12-13-23(21-11-4-3-10-20(21)22)26-15-6-5-14-25(26)17-18-8-7-9-19(16-18)27-2/h3-4,7-13,16,24H,5-6,14-15,17H2,1-2H3. The van der Waals surface area contributed by atoms with Gasteiger partial charge in [-0.2, -0.15) is 0 Å². The molecule has 1 N–H and O–H groups in total. The van der Waals surface area contributed by atoms with Crippen molar-refractivity contribution in [3.05, 3.63) is 66.2 Å². The first-order chi connectivity index (χ1) is 13.3. The van der Waals surface area contributed by atoms with Gasteiger partial charge in [0, 0.05) is 43.1 Å². The Kier molecular flexibility index (Phi) is 5.16. The zero-order valence-electron chi connectivity index (χ0n) is 16.1. The van der Waals surface area contributed by atoms with Gasteiger partial charge >= 0.3 is 0 Å². The minimum atomic E-state index is 0.888. The van der Waals surface area contributed by atoms with Crippen LogP contribution in [0.2, 0.25) is 0 Å². The predicted octanol–water partition coefficient (Wildman–Crippen LogP) is 4.91. The lowest BCUT2D eigenvalue weighted by Crippen LogP contribution is -2.47. The van der Waals surface area contributed by atoms with E-state index in [1.165, 1.54) is 40.6 Å². The van der Waals surface area contributed by atoms with Crippen molar-refractivity contribution >= 4 is 22.1 Å². The second-order valence-corrected chi connectivity index (χ2v) is 7.00. The summed E-state index contributed by atoms with van der Waals surface area (Å²) in [5, 5.41) is 10.8. The van der Waals surface area contributed by atoms with Gasteiger partial charge in [-0.1, -0.05) is 36.4 Å². The van der Waals surface area contributed by atoms with Crippen molar-refractivity contribution in [3.63, 3.8) is 0 Å². The van der Waals surface area contributed by atoms with Crippen LogP contribution in [0, 0.1) is 0 Å². The minimum Gasteiger partial charge on any atom is -0.497 e. The second-order valence-electron chi connectivity index (χ2n) is 7.00. The van der Waals surface area contributed by atoms with E-state index in [1.54, 1.807) is 7.11 Å². The number of fused-ring (bicyclic) bond motifs is 1. The Morgan fingerprint density at radius 3 is 2.56 bits per heavy atom. The summed E-state index contributed by atoms with van der Waals surface area (Å²) in [5.41, 5.74) is 3.73. The van der Waals surface area contributed by atoms with Gasteiger partial charge in [0.05, 0.1) is 12.8 Å². The summed E-state index contributed by atoms with van der Waals surface area (Å²) in [4.78, 5) is 0. The summed E-state index contributed by atoms with van der Waals surface area (Å²) in [5.74, 6) is 0.917. The van der Waals surface area contributed by atoms with E-state index in [4.69, 9.17) is 4.74 Å². The summed E-state index contributed by atoms with van der Waals surface area (Å²) in [6, 6.07) is 21.5. The van der Waals surface area contributed by atoms with Crippen LogP contribution in [0.5, 0.6) is 5.75 Å². The number of anilines is 2. The average molecular weight is 361 g/mol. The largest absolute Gasteiger partial charge is 0.497 e. The number of hydrogen-bond donors (Lipinski definition) is 1. The van der Waals surface area contributed by atoms with Gasteiger partial charge in [0.2, 0.25) is 0 Å². The van der Waals surface area contributed by atoms with Gasteiger partial charge in [0.1, 0.15) is 5.75 Å². The second kappa shape index (κ2) is 7.89. The van der Waals surface area contributed by atoms with E-state index < -0.39 is 0 Å². The smallest absolute Gasteiger partial charge is 0.119 e. The molecule has 0 unspecified atom stereocenters. The topological polar surface area (TPSA) is 27.7 Å². The quantitative estimate of drug-likeness (QED) is 0.699. The molecule has 3 aromatic rings. The van der Waals surface area contributed by atoms with Crippen molar-refractivity contribution in [2.45, 2.75) is 19.4 Å². The average Bonchev–Trinajstić information content (AvgIpc) is 2.73. The van der Waals surface area contributed by atoms with Gasteiger partial charge < -0.3 is 15.1 Å². The number of nitrogens with zero attached hydrogens (tertiary/aromatic N) is 2. The molecule has 4 heteroatoms. The Morgan fingerprint density at radius 2 is 1.74 bits per heavy atom. The molecule has 0 aromatic heterocycles. The van der Waals surface area contributed by atoms with Crippen molar-refractivity contribution in [2.24, 2.45) is 0 Å². The maximum Gasteiger partial charge on any atom is 0.119 e. The lowest BCUT2D eigenvalue weighted by Gasteiger charge is -2.41. The van der Waals surface area contributed by atoms with E-state index in [-0.39, 0.29) is 0 Å². The van der Waals surface area contributed by atoms with E-state index in [9.17, 15) is 0 Å². The number of nitrogens with one attached hydrogen (secondary N) is 1. The zero-order valence-corrected chi connectivity index (χ0v) is 16.1. The molecule has 0 bridgehead atoms. The molecule has 27 heavy (non-hydrogen) atoms. The first-order valence-corrected chi connectivity index (χ1v) is 9.65. The molecule has 1 heterocycles. The molecule has 1 saturated heterocycles. The van der Waals surface area contributed by atoms with E-state index in [0.29, 0.717) is 0 Å². The summed E-state index contributed by atoms with van der Waals surface area (Å²) in [7, 11) is 3.71. The van der Waals surface area contributed by atoms with E-state index in [1.807, 2.05) is 13.1 Å². The molecule has 0 amide bonds. The molecule has 140 valence electrons. The molecule has 0 saturated carbocycles. The Bertz CT molecular complexity index is 924. The lowest BCUT2D eigenvalue weighted by molar-refractivity contribution is 0.205. The summed E-state index contributed by atoms with van der Waals surface area (Å²) in [6.07, 6.45) is 2.45. The van der Waals surface area contributed by atoms with Gasteiger partial charge in [-0.05, 0) is 42.7 Å². The Morgan fingerprint density at radius 1 is 0.926 bits per heavy atom. The van der Waals surface area contributed by atoms with Crippen molar-refractivity contribution in [1.29, 1.82) is 0 Å². The highest BCUT2D eigenvalue weighted by molar-refractivity contribution is 6.02. The van der Waals surface area contributed by atoms with Crippen LogP contribution in [0.15, 0.2) is 60.7 Å². The molecular weight excluding hydrogens is 334 g/mol. The van der Waals surface area contributed by atoms with Gasteiger partial charge in [-0.25, -0.2) is 5.01 Å². The zero-order chi connectivity index (χ0) is 18.6. The van der Waals surface area contributed by atoms with Crippen LogP contribution in [0.4, 0.5) is 11.4 Å². The van der Waals surface area contributed by atoms with Gasteiger partial charge in [-0.3, -0.25) is 0 Å². The highest BCUT2D eigenvalue weighted by Crippen LogP contribution is 2.34. The van der Waals surface area contributed by atoms with Crippen LogP contribution in [0.3, 0.4) is 0 Å². The maximum absolute atomic E-state index is 5.40. The third kappa shape index (κ3) is 3.58. The maximum atomic E-state index is 5.40. The first kappa shape index (κ1) is 17.7. The SMILES string of the molecule is CNc1ccc(N2CCCCN2Cc2cccc(OC)c2)c2ccccc12. The Balaban J connectivity index is 1.69. The molecule has 4 rings (SSSR count). The molecule has 0 radical (unpaired) electrons. The van der Waals surface area contributed by atoms with Gasteiger partial charge in [0.15, 0.2) is 0 Å². The third-order valence-corrected chi connectivity index (χ3v) is 5.33. The Hall–Kier alpha value is -2.72. The molecule has 0 spiro atoms. The Labute approximate surface area is 161 Å². The summed E-state index contributed by atoms with van der Waals surface area (Å²) < 4.78 is 5.40. The number of benzene rings is 3. The number of rotatable bonds is 5. The molecule has 0 aliphatic carbocycles. The fourth-order valence-corrected chi connectivity index (χ4v) is 3.96.